The average molecular weight is 405 g/mol. The Hall–Kier alpha value is -3.62. The van der Waals surface area contributed by atoms with E-state index in [2.05, 4.69) is 10.3 Å². The van der Waals surface area contributed by atoms with Crippen LogP contribution < -0.4 is 15.8 Å². The number of nitrogens with zero attached hydrogens (tertiary/aromatic N) is 1. The van der Waals surface area contributed by atoms with Crippen LogP contribution >= 0.6 is 0 Å². The summed E-state index contributed by atoms with van der Waals surface area (Å²) >= 11 is 0. The molecule has 5 nitrogen and oxygen atoms in total. The van der Waals surface area contributed by atoms with Gasteiger partial charge in [-0.3, -0.25) is 4.79 Å². The molecule has 1 aromatic heterocycles. The molecule has 29 heavy (non-hydrogen) atoms. The van der Waals surface area contributed by atoms with E-state index in [-0.39, 0.29) is 22.9 Å². The second-order valence-electron chi connectivity index (χ2n) is 6.11. The zero-order chi connectivity index (χ0) is 21.2. The molecule has 3 N–H and O–H groups in total. The molecule has 0 saturated heterocycles. The number of aromatic nitrogens is 1. The molecule has 0 bridgehead atoms. The number of alkyl halides is 3. The van der Waals surface area contributed by atoms with E-state index in [1.165, 1.54) is 12.1 Å². The van der Waals surface area contributed by atoms with Gasteiger partial charge in [-0.2, -0.15) is 13.2 Å². The number of rotatable bonds is 4. The number of benzene rings is 2. The van der Waals surface area contributed by atoms with Gasteiger partial charge >= 0.3 is 6.18 Å². The number of pyridine rings is 1. The van der Waals surface area contributed by atoms with Crippen molar-refractivity contribution in [1.82, 2.24) is 4.98 Å². The molecule has 0 saturated carbocycles. The third-order valence-electron chi connectivity index (χ3n) is 3.88. The standard InChI is InChI=1S/C20H15F4N3O2/c1-11-5-7-15(18(25)26-11)19(28)27-12-3-2-4-13(9-12)29-14-6-8-16(17(21)10-14)20(22,23)24/h2-10H,1H3,(H2,25,26)(H,27,28). The van der Waals surface area contributed by atoms with E-state index in [9.17, 15) is 22.4 Å². The van der Waals surface area contributed by atoms with Crippen molar-refractivity contribution in [3.05, 3.63) is 77.2 Å². The summed E-state index contributed by atoms with van der Waals surface area (Å²) in [4.78, 5) is 16.4. The highest BCUT2D eigenvalue weighted by molar-refractivity contribution is 6.07. The van der Waals surface area contributed by atoms with E-state index in [1.807, 2.05) is 0 Å². The summed E-state index contributed by atoms with van der Waals surface area (Å²) in [6.07, 6.45) is -4.79. The Morgan fingerprint density at radius 3 is 2.45 bits per heavy atom. The van der Waals surface area contributed by atoms with E-state index in [1.54, 1.807) is 31.2 Å². The smallest absolute Gasteiger partial charge is 0.419 e. The number of anilines is 2. The van der Waals surface area contributed by atoms with Crippen molar-refractivity contribution in [3.63, 3.8) is 0 Å². The van der Waals surface area contributed by atoms with Crippen LogP contribution in [0.1, 0.15) is 21.6 Å². The van der Waals surface area contributed by atoms with E-state index < -0.39 is 23.5 Å². The molecule has 1 heterocycles. The molecule has 0 radical (unpaired) electrons. The monoisotopic (exact) mass is 405 g/mol. The number of carbonyl (C=O) groups excluding carboxylic acids is 1. The van der Waals surface area contributed by atoms with Gasteiger partial charge in [-0.05, 0) is 43.3 Å². The Morgan fingerprint density at radius 1 is 1.07 bits per heavy atom. The predicted molar refractivity (Wildman–Crippen MR) is 99.3 cm³/mol. The number of hydrogen-bond donors (Lipinski definition) is 2. The van der Waals surface area contributed by atoms with E-state index >= 15 is 0 Å². The lowest BCUT2D eigenvalue weighted by molar-refractivity contribution is -0.140. The summed E-state index contributed by atoms with van der Waals surface area (Å²) in [5.41, 5.74) is 5.57. The van der Waals surface area contributed by atoms with Crippen LogP contribution in [0.5, 0.6) is 11.5 Å². The molecule has 1 amide bonds. The number of carbonyl (C=O) groups is 1. The Balaban J connectivity index is 1.76. The van der Waals surface area contributed by atoms with Crippen molar-refractivity contribution in [3.8, 4) is 11.5 Å². The first-order valence-electron chi connectivity index (χ1n) is 8.32. The fourth-order valence-electron chi connectivity index (χ4n) is 2.53. The van der Waals surface area contributed by atoms with Gasteiger partial charge < -0.3 is 15.8 Å². The van der Waals surface area contributed by atoms with Crippen LogP contribution in [0.3, 0.4) is 0 Å². The van der Waals surface area contributed by atoms with E-state index in [0.717, 1.165) is 6.07 Å². The lowest BCUT2D eigenvalue weighted by Crippen LogP contribution is -2.15. The zero-order valence-corrected chi connectivity index (χ0v) is 15.0. The first kappa shape index (κ1) is 20.1. The highest BCUT2D eigenvalue weighted by Gasteiger charge is 2.34. The molecule has 0 spiro atoms. The average Bonchev–Trinajstić information content (AvgIpc) is 2.60. The molecular weight excluding hydrogens is 390 g/mol. The second kappa shape index (κ2) is 7.78. The molecule has 2 aromatic carbocycles. The van der Waals surface area contributed by atoms with E-state index in [0.29, 0.717) is 23.5 Å². The number of ether oxygens (including phenoxy) is 1. The van der Waals surface area contributed by atoms with Gasteiger partial charge in [0.2, 0.25) is 0 Å². The molecule has 150 valence electrons. The fraction of sp³-hybridized carbons (Fsp3) is 0.100. The summed E-state index contributed by atoms with van der Waals surface area (Å²) in [6.45, 7) is 1.74. The lowest BCUT2D eigenvalue weighted by Gasteiger charge is -2.12. The Morgan fingerprint density at radius 2 is 1.79 bits per heavy atom. The van der Waals surface area contributed by atoms with Gasteiger partial charge in [0.15, 0.2) is 0 Å². The summed E-state index contributed by atoms with van der Waals surface area (Å²) in [6, 6.07) is 11.5. The van der Waals surface area contributed by atoms with Crippen molar-refractivity contribution in [2.75, 3.05) is 11.1 Å². The lowest BCUT2D eigenvalue weighted by atomic mass is 10.2. The Bertz CT molecular complexity index is 1070. The van der Waals surface area contributed by atoms with Crippen LogP contribution in [0.2, 0.25) is 0 Å². The highest BCUT2D eigenvalue weighted by Crippen LogP contribution is 2.34. The zero-order valence-electron chi connectivity index (χ0n) is 15.0. The minimum Gasteiger partial charge on any atom is -0.457 e. The quantitative estimate of drug-likeness (QED) is 0.587. The fourth-order valence-corrected chi connectivity index (χ4v) is 2.53. The molecule has 9 heteroatoms. The number of nitrogen functional groups attached to an aromatic ring is 1. The summed E-state index contributed by atoms with van der Waals surface area (Å²) in [7, 11) is 0. The van der Waals surface area contributed by atoms with Crippen LogP contribution in [0.4, 0.5) is 29.1 Å². The van der Waals surface area contributed by atoms with Crippen molar-refractivity contribution >= 4 is 17.4 Å². The maximum Gasteiger partial charge on any atom is 0.419 e. The molecule has 0 fully saturated rings. The molecule has 0 aliphatic heterocycles. The minimum atomic E-state index is -4.79. The van der Waals surface area contributed by atoms with Crippen LogP contribution in [0.15, 0.2) is 54.6 Å². The van der Waals surface area contributed by atoms with Crippen LogP contribution in [0, 0.1) is 12.7 Å². The normalized spacial score (nSPS) is 11.2. The molecule has 0 aliphatic rings. The van der Waals surface area contributed by atoms with Gasteiger partial charge in [0, 0.05) is 23.5 Å². The van der Waals surface area contributed by atoms with Gasteiger partial charge in [0.05, 0.1) is 11.1 Å². The van der Waals surface area contributed by atoms with Gasteiger partial charge in [-0.1, -0.05) is 6.07 Å². The van der Waals surface area contributed by atoms with Crippen LogP contribution in [0.25, 0.3) is 0 Å². The van der Waals surface area contributed by atoms with Gasteiger partial charge in [0.25, 0.3) is 5.91 Å². The summed E-state index contributed by atoms with van der Waals surface area (Å²) in [5, 5.41) is 2.62. The molecule has 3 rings (SSSR count). The van der Waals surface area contributed by atoms with E-state index in [4.69, 9.17) is 10.5 Å². The van der Waals surface area contributed by atoms with Crippen LogP contribution in [-0.2, 0) is 6.18 Å². The molecule has 0 aliphatic carbocycles. The second-order valence-corrected chi connectivity index (χ2v) is 6.11. The number of aryl methyl sites for hydroxylation is 1. The van der Waals surface area contributed by atoms with Crippen molar-refractivity contribution in [2.24, 2.45) is 0 Å². The van der Waals surface area contributed by atoms with Crippen LogP contribution in [-0.4, -0.2) is 10.9 Å². The maximum atomic E-state index is 13.7. The van der Waals surface area contributed by atoms with Crippen molar-refractivity contribution in [1.29, 1.82) is 0 Å². The predicted octanol–water partition coefficient (Wildman–Crippen LogP) is 5.17. The summed E-state index contributed by atoms with van der Waals surface area (Å²) in [5.74, 6) is -1.78. The minimum absolute atomic E-state index is 0.0788. The Kier molecular flexibility index (Phi) is 5.40. The molecule has 0 unspecified atom stereocenters. The molecule has 3 aromatic rings. The number of amides is 1. The van der Waals surface area contributed by atoms with Gasteiger partial charge in [-0.15, -0.1) is 0 Å². The first-order valence-corrected chi connectivity index (χ1v) is 8.32. The third kappa shape index (κ3) is 4.81. The number of hydrogen-bond acceptors (Lipinski definition) is 4. The van der Waals surface area contributed by atoms with Gasteiger partial charge in [0.1, 0.15) is 23.1 Å². The largest absolute Gasteiger partial charge is 0.457 e. The Labute approximate surface area is 163 Å². The van der Waals surface area contributed by atoms with Crippen molar-refractivity contribution in [2.45, 2.75) is 13.1 Å². The molecule has 0 atom stereocenters. The SMILES string of the molecule is Cc1ccc(C(=O)Nc2cccc(Oc3ccc(C(F)(F)F)c(F)c3)c2)c(N)n1. The topological polar surface area (TPSA) is 77.2 Å². The maximum absolute atomic E-state index is 13.7. The highest BCUT2D eigenvalue weighted by atomic mass is 19.4. The number of nitrogens with two attached hydrogens (primary N) is 1. The third-order valence-corrected chi connectivity index (χ3v) is 3.88. The first-order chi connectivity index (χ1) is 13.6. The number of halogens is 4. The summed E-state index contributed by atoms with van der Waals surface area (Å²) < 4.78 is 57.0. The van der Waals surface area contributed by atoms with Gasteiger partial charge in [-0.25, -0.2) is 9.37 Å². The molecular formula is C20H15F4N3O2. The van der Waals surface area contributed by atoms with Crippen molar-refractivity contribution < 1.29 is 27.1 Å². The number of nitrogens with one attached hydrogen (secondary N) is 1.